The summed E-state index contributed by atoms with van der Waals surface area (Å²) >= 11 is 0. The maximum absolute atomic E-state index is 12.5. The normalized spacial score (nSPS) is 28.3. The molecule has 0 heterocycles. The third-order valence-corrected chi connectivity index (χ3v) is 5.09. The molecule has 142 valence electrons. The summed E-state index contributed by atoms with van der Waals surface area (Å²) in [5.41, 5.74) is 0.388. The molecule has 2 fully saturated rings. The fourth-order valence-corrected chi connectivity index (χ4v) is 3.63. The molecule has 0 aromatic heterocycles. The lowest BCUT2D eigenvalue weighted by Gasteiger charge is -2.26. The van der Waals surface area contributed by atoms with Gasteiger partial charge in [-0.15, -0.1) is 13.2 Å². The van der Waals surface area contributed by atoms with Crippen molar-refractivity contribution in [3.05, 3.63) is 29.8 Å². The van der Waals surface area contributed by atoms with Crippen LogP contribution in [0.4, 0.5) is 13.2 Å². The van der Waals surface area contributed by atoms with E-state index in [1.807, 2.05) is 0 Å². The molecule has 5 nitrogen and oxygen atoms in total. The van der Waals surface area contributed by atoms with E-state index in [0.717, 1.165) is 0 Å². The van der Waals surface area contributed by atoms with Crippen LogP contribution in [0.2, 0.25) is 0 Å². The summed E-state index contributed by atoms with van der Waals surface area (Å²) < 4.78 is 41.6. The van der Waals surface area contributed by atoms with Crippen molar-refractivity contribution < 1.29 is 32.6 Å². The lowest BCUT2D eigenvalue weighted by molar-refractivity contribution is -0.274. The number of amides is 1. The number of benzene rings is 1. The molecule has 3 rings (SSSR count). The van der Waals surface area contributed by atoms with Gasteiger partial charge in [-0.25, -0.2) is 0 Å². The van der Waals surface area contributed by atoms with Gasteiger partial charge in [-0.05, 0) is 49.7 Å². The number of nitrogens with one attached hydrogen (secondary N) is 1. The Labute approximate surface area is 148 Å². The third-order valence-electron chi connectivity index (χ3n) is 5.09. The van der Waals surface area contributed by atoms with Crippen molar-refractivity contribution in [2.75, 3.05) is 0 Å². The number of ether oxygens (including phenoxy) is 1. The van der Waals surface area contributed by atoms with Gasteiger partial charge in [0.2, 0.25) is 5.91 Å². The fourth-order valence-electron chi connectivity index (χ4n) is 3.63. The highest BCUT2D eigenvalue weighted by Gasteiger charge is 2.46. The summed E-state index contributed by atoms with van der Waals surface area (Å²) in [6.07, 6.45) is -2.03. The van der Waals surface area contributed by atoms with Crippen LogP contribution in [0.15, 0.2) is 24.3 Å². The van der Waals surface area contributed by atoms with Gasteiger partial charge in [0.15, 0.2) is 0 Å². The fraction of sp³-hybridized carbons (Fsp3) is 0.556. The zero-order chi connectivity index (χ0) is 18.9. The first kappa shape index (κ1) is 18.5. The van der Waals surface area contributed by atoms with Crippen LogP contribution in [0, 0.1) is 11.8 Å². The second-order valence-electron chi connectivity index (χ2n) is 6.93. The molecule has 26 heavy (non-hydrogen) atoms. The largest absolute Gasteiger partial charge is 0.573 e. The van der Waals surface area contributed by atoms with Crippen molar-refractivity contribution in [2.45, 2.75) is 50.4 Å². The molecule has 0 radical (unpaired) electrons. The van der Waals surface area contributed by atoms with E-state index in [1.54, 1.807) is 12.1 Å². The maximum Gasteiger partial charge on any atom is 0.573 e. The van der Waals surface area contributed by atoms with Gasteiger partial charge in [0.25, 0.3) is 0 Å². The maximum atomic E-state index is 12.5. The molecule has 8 heteroatoms. The number of hydrogen-bond acceptors (Lipinski definition) is 3. The summed E-state index contributed by atoms with van der Waals surface area (Å²) in [6.45, 7) is 0. The van der Waals surface area contributed by atoms with E-state index < -0.39 is 12.3 Å². The van der Waals surface area contributed by atoms with Crippen LogP contribution in [0.1, 0.15) is 43.6 Å². The molecule has 2 atom stereocenters. The monoisotopic (exact) mass is 371 g/mol. The molecule has 0 bridgehead atoms. The molecular formula is C18H20F3NO4. The number of rotatable bonds is 5. The minimum atomic E-state index is -4.77. The third kappa shape index (κ3) is 4.47. The number of carboxylic acid groups (broad SMARTS) is 1. The van der Waals surface area contributed by atoms with Crippen LogP contribution in [0.25, 0.3) is 0 Å². The van der Waals surface area contributed by atoms with Crippen LogP contribution in [0.3, 0.4) is 0 Å². The van der Waals surface area contributed by atoms with Gasteiger partial charge in [0.05, 0.1) is 5.92 Å². The minimum Gasteiger partial charge on any atom is -0.481 e. The molecule has 2 saturated carbocycles. The second kappa shape index (κ2) is 7.17. The number of hydrogen-bond donors (Lipinski definition) is 2. The molecule has 0 unspecified atom stereocenters. The van der Waals surface area contributed by atoms with E-state index in [4.69, 9.17) is 5.11 Å². The Kier molecular flexibility index (Phi) is 5.11. The molecule has 0 spiro atoms. The molecule has 2 aliphatic rings. The smallest absolute Gasteiger partial charge is 0.481 e. The average Bonchev–Trinajstić information content (AvgIpc) is 3.35. The Bertz CT molecular complexity index is 683. The molecule has 0 saturated heterocycles. The van der Waals surface area contributed by atoms with Crippen LogP contribution in [0.5, 0.6) is 5.75 Å². The van der Waals surface area contributed by atoms with Gasteiger partial charge in [0.1, 0.15) is 5.75 Å². The molecule has 2 N–H and O–H groups in total. The van der Waals surface area contributed by atoms with Crippen molar-refractivity contribution in [3.8, 4) is 5.75 Å². The quantitative estimate of drug-likeness (QED) is 0.831. The molecule has 1 amide bonds. The van der Waals surface area contributed by atoms with Gasteiger partial charge in [-0.1, -0.05) is 18.2 Å². The molecule has 2 aliphatic carbocycles. The van der Waals surface area contributed by atoms with E-state index in [-0.39, 0.29) is 35.5 Å². The standard InChI is InChI=1S/C18H20F3NO4/c19-18(20,21)26-15-4-2-1-3-12(15)13-9-14(13)16(23)22-11-7-5-10(6-8-11)17(24)25/h1-4,10-11,13-14H,5-9H2,(H,22,23)(H,24,25)/t10?,11?,13-,14-/m1/s1. The van der Waals surface area contributed by atoms with Crippen molar-refractivity contribution >= 4 is 11.9 Å². The molecule has 0 aliphatic heterocycles. The van der Waals surface area contributed by atoms with Crippen LogP contribution in [-0.2, 0) is 9.59 Å². The van der Waals surface area contributed by atoms with Crippen molar-refractivity contribution in [1.29, 1.82) is 0 Å². The topological polar surface area (TPSA) is 75.6 Å². The lowest BCUT2D eigenvalue weighted by Crippen LogP contribution is -2.39. The van der Waals surface area contributed by atoms with Crippen molar-refractivity contribution in [3.63, 3.8) is 0 Å². The zero-order valence-electron chi connectivity index (χ0n) is 14.0. The first-order valence-electron chi connectivity index (χ1n) is 8.62. The number of halogens is 3. The van der Waals surface area contributed by atoms with Crippen molar-refractivity contribution in [2.24, 2.45) is 11.8 Å². The highest BCUT2D eigenvalue weighted by molar-refractivity contribution is 5.83. The van der Waals surface area contributed by atoms with Gasteiger partial charge in [0, 0.05) is 12.0 Å². The number of carbonyl (C=O) groups excluding carboxylic acids is 1. The van der Waals surface area contributed by atoms with Crippen LogP contribution >= 0.6 is 0 Å². The predicted molar refractivity (Wildman–Crippen MR) is 85.5 cm³/mol. The summed E-state index contributed by atoms with van der Waals surface area (Å²) in [6, 6.07) is 5.82. The predicted octanol–water partition coefficient (Wildman–Crippen LogP) is 3.45. The molecule has 1 aromatic rings. The van der Waals surface area contributed by atoms with Crippen molar-refractivity contribution in [1.82, 2.24) is 5.32 Å². The SMILES string of the molecule is O=C(O)C1CCC(NC(=O)[C@@H]2C[C@@H]2c2ccccc2OC(F)(F)F)CC1. The number of aliphatic carboxylic acids is 1. The van der Waals surface area contributed by atoms with Gasteiger partial charge >= 0.3 is 12.3 Å². The Morgan fingerprint density at radius 3 is 2.38 bits per heavy atom. The molecule has 1 aromatic carbocycles. The minimum absolute atomic E-state index is 0.0685. The second-order valence-corrected chi connectivity index (χ2v) is 6.93. The number of alkyl halides is 3. The average molecular weight is 371 g/mol. The number of carboxylic acids is 1. The van der Waals surface area contributed by atoms with Gasteiger partial charge in [-0.3, -0.25) is 9.59 Å². The highest BCUT2D eigenvalue weighted by Crippen LogP contribution is 2.51. The van der Waals surface area contributed by atoms with E-state index in [0.29, 0.717) is 37.7 Å². The summed E-state index contributed by atoms with van der Waals surface area (Å²) in [5.74, 6) is -2.27. The summed E-state index contributed by atoms with van der Waals surface area (Å²) in [4.78, 5) is 23.3. The first-order chi connectivity index (χ1) is 12.2. The van der Waals surface area contributed by atoms with E-state index in [2.05, 4.69) is 10.1 Å². The number of para-hydroxylation sites is 1. The van der Waals surface area contributed by atoms with Gasteiger partial charge in [-0.2, -0.15) is 0 Å². The Morgan fingerprint density at radius 2 is 1.77 bits per heavy atom. The van der Waals surface area contributed by atoms with Gasteiger partial charge < -0.3 is 15.2 Å². The number of carbonyl (C=O) groups is 2. The van der Waals surface area contributed by atoms with Crippen LogP contribution < -0.4 is 10.1 Å². The van der Waals surface area contributed by atoms with E-state index in [9.17, 15) is 22.8 Å². The summed E-state index contributed by atoms with van der Waals surface area (Å²) in [7, 11) is 0. The lowest BCUT2D eigenvalue weighted by atomic mass is 9.86. The highest BCUT2D eigenvalue weighted by atomic mass is 19.4. The van der Waals surface area contributed by atoms with E-state index >= 15 is 0 Å². The summed E-state index contributed by atoms with van der Waals surface area (Å²) in [5, 5.41) is 11.9. The Balaban J connectivity index is 1.56. The Hall–Kier alpha value is -2.25. The first-order valence-corrected chi connectivity index (χ1v) is 8.62. The molecular weight excluding hydrogens is 351 g/mol. The van der Waals surface area contributed by atoms with E-state index in [1.165, 1.54) is 12.1 Å². The zero-order valence-corrected chi connectivity index (χ0v) is 14.0. The van der Waals surface area contributed by atoms with Crippen LogP contribution in [-0.4, -0.2) is 29.4 Å². The Morgan fingerprint density at radius 1 is 1.12 bits per heavy atom.